The highest BCUT2D eigenvalue weighted by Gasteiger charge is 2.35. The third-order valence-corrected chi connectivity index (χ3v) is 2.72. The lowest BCUT2D eigenvalue weighted by Gasteiger charge is -2.34. The molecule has 1 fully saturated rings. The van der Waals surface area contributed by atoms with Crippen molar-refractivity contribution in [1.29, 1.82) is 0 Å². The van der Waals surface area contributed by atoms with Crippen LogP contribution in [0.15, 0.2) is 0 Å². The molecule has 2 atom stereocenters. The summed E-state index contributed by atoms with van der Waals surface area (Å²) in [5.74, 6) is -2.94. The largest absolute Gasteiger partial charge is 0.481 e. The second kappa shape index (κ2) is 4.55. The van der Waals surface area contributed by atoms with Gasteiger partial charge in [-0.25, -0.2) is 0 Å². The van der Waals surface area contributed by atoms with Gasteiger partial charge in [-0.05, 0) is 12.3 Å². The minimum Gasteiger partial charge on any atom is -0.481 e. The van der Waals surface area contributed by atoms with Crippen LogP contribution in [0.1, 0.15) is 13.3 Å². The zero-order valence-electron chi connectivity index (χ0n) is 8.32. The van der Waals surface area contributed by atoms with Crippen LogP contribution in [-0.2, 0) is 9.59 Å². The van der Waals surface area contributed by atoms with Gasteiger partial charge in [-0.1, -0.05) is 6.92 Å². The molecule has 2 unspecified atom stereocenters. The molecule has 1 heterocycles. The van der Waals surface area contributed by atoms with Crippen molar-refractivity contribution in [1.82, 2.24) is 4.90 Å². The number of halogens is 2. The van der Waals surface area contributed by atoms with Crippen LogP contribution in [0.25, 0.3) is 0 Å². The average molecular weight is 221 g/mol. The van der Waals surface area contributed by atoms with E-state index in [-0.39, 0.29) is 25.4 Å². The molecule has 1 aliphatic heterocycles. The molecular formula is C9H13F2NO3. The minimum atomic E-state index is -3.00. The smallest absolute Gasteiger partial charge is 0.315 e. The van der Waals surface area contributed by atoms with Crippen LogP contribution >= 0.6 is 0 Å². The van der Waals surface area contributed by atoms with E-state index in [1.54, 1.807) is 6.92 Å². The average Bonchev–Trinajstić information content (AvgIpc) is 2.15. The summed E-state index contributed by atoms with van der Waals surface area (Å²) in [6.07, 6.45) is -2.76. The second-order valence-electron chi connectivity index (χ2n) is 3.80. The molecule has 0 saturated carbocycles. The fourth-order valence-electron chi connectivity index (χ4n) is 1.85. The van der Waals surface area contributed by atoms with Crippen molar-refractivity contribution in [3.05, 3.63) is 0 Å². The fraction of sp³-hybridized carbons (Fsp3) is 0.778. The van der Waals surface area contributed by atoms with Crippen molar-refractivity contribution in [3.63, 3.8) is 0 Å². The topological polar surface area (TPSA) is 57.6 Å². The number of amides is 1. The highest BCUT2D eigenvalue weighted by atomic mass is 19.3. The number of carbonyl (C=O) groups is 2. The van der Waals surface area contributed by atoms with E-state index in [0.29, 0.717) is 0 Å². The number of rotatable bonds is 2. The Hall–Kier alpha value is -1.20. The molecule has 86 valence electrons. The molecule has 0 aromatic heterocycles. The standard InChI is InChI=1S/C9H13F2NO3/c1-5-4-12(8(13)7(10)11)3-2-6(5)9(14)15/h5-7H,2-4H2,1H3,(H,14,15). The highest BCUT2D eigenvalue weighted by Crippen LogP contribution is 2.24. The van der Waals surface area contributed by atoms with E-state index in [9.17, 15) is 18.4 Å². The van der Waals surface area contributed by atoms with Crippen molar-refractivity contribution >= 4 is 11.9 Å². The number of nitrogens with zero attached hydrogens (tertiary/aromatic N) is 1. The molecule has 0 aromatic carbocycles. The molecule has 0 spiro atoms. The lowest BCUT2D eigenvalue weighted by atomic mass is 9.87. The Labute approximate surface area is 85.9 Å². The third-order valence-electron chi connectivity index (χ3n) is 2.72. The molecule has 6 heteroatoms. The summed E-state index contributed by atoms with van der Waals surface area (Å²) in [6.45, 7) is 1.86. The minimum absolute atomic E-state index is 0.0974. The lowest BCUT2D eigenvalue weighted by molar-refractivity contribution is -0.152. The second-order valence-corrected chi connectivity index (χ2v) is 3.80. The van der Waals surface area contributed by atoms with Crippen LogP contribution < -0.4 is 0 Å². The summed E-state index contributed by atoms with van der Waals surface area (Å²) in [7, 11) is 0. The third kappa shape index (κ3) is 2.64. The van der Waals surface area contributed by atoms with Crippen LogP contribution in [0.2, 0.25) is 0 Å². The van der Waals surface area contributed by atoms with Gasteiger partial charge in [-0.3, -0.25) is 9.59 Å². The molecule has 1 rings (SSSR count). The lowest BCUT2D eigenvalue weighted by Crippen LogP contribution is -2.46. The Bertz CT molecular complexity index is 270. The van der Waals surface area contributed by atoms with E-state index in [1.165, 1.54) is 0 Å². The number of carbonyl (C=O) groups excluding carboxylic acids is 1. The Morgan fingerprint density at radius 1 is 1.47 bits per heavy atom. The predicted molar refractivity (Wildman–Crippen MR) is 47.5 cm³/mol. The monoisotopic (exact) mass is 221 g/mol. The summed E-state index contributed by atoms with van der Waals surface area (Å²) in [5, 5.41) is 8.79. The SMILES string of the molecule is CC1CN(C(=O)C(F)F)CCC1C(=O)O. The van der Waals surface area contributed by atoms with Gasteiger partial charge in [0, 0.05) is 13.1 Å². The van der Waals surface area contributed by atoms with E-state index >= 15 is 0 Å². The van der Waals surface area contributed by atoms with Gasteiger partial charge in [-0.2, -0.15) is 8.78 Å². The van der Waals surface area contributed by atoms with Crippen molar-refractivity contribution < 1.29 is 23.5 Å². The van der Waals surface area contributed by atoms with Crippen LogP contribution in [0.5, 0.6) is 0 Å². The molecule has 1 aliphatic rings. The van der Waals surface area contributed by atoms with Gasteiger partial charge in [0.1, 0.15) is 0 Å². The van der Waals surface area contributed by atoms with Gasteiger partial charge < -0.3 is 10.0 Å². The maximum Gasteiger partial charge on any atom is 0.315 e. The number of carboxylic acid groups (broad SMARTS) is 1. The fourth-order valence-corrected chi connectivity index (χ4v) is 1.85. The maximum atomic E-state index is 12.1. The van der Waals surface area contributed by atoms with Crippen molar-refractivity contribution in [2.75, 3.05) is 13.1 Å². The Kier molecular flexibility index (Phi) is 3.60. The summed E-state index contributed by atoms with van der Waals surface area (Å²) >= 11 is 0. The number of carboxylic acids is 1. The Morgan fingerprint density at radius 3 is 2.47 bits per heavy atom. The highest BCUT2D eigenvalue weighted by molar-refractivity contribution is 5.80. The molecule has 1 amide bonds. The predicted octanol–water partition coefficient (Wildman–Crippen LogP) is 0.821. The first-order valence-corrected chi connectivity index (χ1v) is 4.73. The summed E-state index contributed by atoms with van der Waals surface area (Å²) < 4.78 is 24.2. The molecule has 4 nitrogen and oxygen atoms in total. The molecule has 1 N–H and O–H groups in total. The van der Waals surface area contributed by atoms with Gasteiger partial charge in [0.25, 0.3) is 5.91 Å². The van der Waals surface area contributed by atoms with E-state index in [1.807, 2.05) is 0 Å². The van der Waals surface area contributed by atoms with Crippen LogP contribution in [0.3, 0.4) is 0 Å². The van der Waals surface area contributed by atoms with Crippen LogP contribution in [0.4, 0.5) is 8.78 Å². The number of likely N-dealkylation sites (tertiary alicyclic amines) is 1. The first-order valence-electron chi connectivity index (χ1n) is 4.73. The summed E-state index contributed by atoms with van der Waals surface area (Å²) in [5.41, 5.74) is 0. The van der Waals surface area contributed by atoms with Gasteiger partial charge in [0.15, 0.2) is 0 Å². The molecule has 0 bridgehead atoms. The molecule has 1 saturated heterocycles. The van der Waals surface area contributed by atoms with E-state index in [4.69, 9.17) is 5.11 Å². The van der Waals surface area contributed by atoms with E-state index in [0.717, 1.165) is 4.90 Å². The number of hydrogen-bond donors (Lipinski definition) is 1. The van der Waals surface area contributed by atoms with E-state index < -0.39 is 24.2 Å². The summed E-state index contributed by atoms with van der Waals surface area (Å²) in [4.78, 5) is 22.7. The van der Waals surface area contributed by atoms with E-state index in [2.05, 4.69) is 0 Å². The van der Waals surface area contributed by atoms with Crippen LogP contribution in [0, 0.1) is 11.8 Å². The molecule has 15 heavy (non-hydrogen) atoms. The Balaban J connectivity index is 2.58. The number of piperidine rings is 1. The quantitative estimate of drug-likeness (QED) is 0.751. The molecule has 0 radical (unpaired) electrons. The van der Waals surface area contributed by atoms with Gasteiger partial charge in [-0.15, -0.1) is 0 Å². The first kappa shape index (κ1) is 11.9. The zero-order valence-corrected chi connectivity index (χ0v) is 8.32. The molecular weight excluding hydrogens is 208 g/mol. The number of alkyl halides is 2. The first-order chi connectivity index (χ1) is 6.93. The number of aliphatic carboxylic acids is 1. The van der Waals surface area contributed by atoms with Crippen LogP contribution in [-0.4, -0.2) is 41.4 Å². The summed E-state index contributed by atoms with van der Waals surface area (Å²) in [6, 6.07) is 0. The maximum absolute atomic E-state index is 12.1. The Morgan fingerprint density at radius 2 is 2.07 bits per heavy atom. The van der Waals surface area contributed by atoms with Crippen molar-refractivity contribution in [2.45, 2.75) is 19.8 Å². The zero-order chi connectivity index (χ0) is 11.6. The molecule has 0 aromatic rings. The van der Waals surface area contributed by atoms with Gasteiger partial charge >= 0.3 is 12.4 Å². The van der Waals surface area contributed by atoms with Gasteiger partial charge in [0.05, 0.1) is 5.92 Å². The molecule has 0 aliphatic carbocycles. The number of hydrogen-bond acceptors (Lipinski definition) is 2. The van der Waals surface area contributed by atoms with Crippen molar-refractivity contribution in [3.8, 4) is 0 Å². The van der Waals surface area contributed by atoms with Crippen molar-refractivity contribution in [2.24, 2.45) is 11.8 Å². The van der Waals surface area contributed by atoms with Gasteiger partial charge in [0.2, 0.25) is 0 Å². The normalized spacial score (nSPS) is 26.8.